The Hall–Kier alpha value is -3.06. The number of ether oxygens (including phenoxy) is 1. The Labute approximate surface area is 151 Å². The van der Waals surface area contributed by atoms with Crippen molar-refractivity contribution in [2.24, 2.45) is 5.18 Å². The minimum Gasteiger partial charge on any atom is -0.374 e. The van der Waals surface area contributed by atoms with E-state index in [4.69, 9.17) is 4.74 Å². The lowest BCUT2D eigenvalue weighted by molar-refractivity contribution is -0.124. The summed E-state index contributed by atoms with van der Waals surface area (Å²) in [6.07, 6.45) is 0. The summed E-state index contributed by atoms with van der Waals surface area (Å²) in [5, 5.41) is 8.01. The number of hydrogen-bond acceptors (Lipinski definition) is 5. The second-order valence-corrected chi connectivity index (χ2v) is 5.70. The summed E-state index contributed by atoms with van der Waals surface area (Å²) in [4.78, 5) is 35.6. The van der Waals surface area contributed by atoms with Crippen LogP contribution in [-0.4, -0.2) is 31.5 Å². The molecule has 1 unspecified atom stereocenters. The Morgan fingerprint density at radius 1 is 1.12 bits per heavy atom. The minimum absolute atomic E-state index is 0.00399. The Morgan fingerprint density at radius 3 is 2.50 bits per heavy atom. The second kappa shape index (κ2) is 9.43. The molecular weight excluding hydrogens is 334 g/mol. The van der Waals surface area contributed by atoms with Gasteiger partial charge in [0, 0.05) is 7.05 Å². The summed E-state index contributed by atoms with van der Waals surface area (Å²) < 4.78 is 5.56. The van der Waals surface area contributed by atoms with Crippen LogP contribution in [-0.2, 0) is 16.1 Å². The van der Waals surface area contributed by atoms with Crippen LogP contribution >= 0.6 is 0 Å². The molecule has 0 aliphatic heterocycles. The molecule has 0 spiro atoms. The molecule has 0 aliphatic rings. The van der Waals surface area contributed by atoms with Gasteiger partial charge in [0.05, 0.1) is 18.8 Å². The van der Waals surface area contributed by atoms with Crippen LogP contribution < -0.4 is 10.6 Å². The highest BCUT2D eigenvalue weighted by molar-refractivity contribution is 6.01. The number of benzene rings is 2. The van der Waals surface area contributed by atoms with E-state index >= 15 is 0 Å². The molecule has 0 aliphatic carbocycles. The standard InChI is InChI=1S/C19H21N3O4/c1-13-7-6-10-15(17(13)22-25)18(23)21-16(19(24)20-2)12-26-11-14-8-4-3-5-9-14/h3-10,16H,11-12H2,1-2H3,(H,20,24)(H,21,23). The van der Waals surface area contributed by atoms with Crippen molar-refractivity contribution < 1.29 is 14.3 Å². The van der Waals surface area contributed by atoms with Gasteiger partial charge in [0.15, 0.2) is 0 Å². The van der Waals surface area contributed by atoms with Gasteiger partial charge >= 0.3 is 0 Å². The summed E-state index contributed by atoms with van der Waals surface area (Å²) >= 11 is 0. The summed E-state index contributed by atoms with van der Waals surface area (Å²) in [6, 6.07) is 13.4. The van der Waals surface area contributed by atoms with Crippen LogP contribution in [0.3, 0.4) is 0 Å². The van der Waals surface area contributed by atoms with Crippen LogP contribution in [0.15, 0.2) is 53.7 Å². The molecule has 0 bridgehead atoms. The number of nitrogens with zero attached hydrogens (tertiary/aromatic N) is 1. The summed E-state index contributed by atoms with van der Waals surface area (Å²) in [5.74, 6) is -0.945. The number of nitroso groups, excluding NO2 is 1. The third kappa shape index (κ3) is 4.97. The van der Waals surface area contributed by atoms with Crippen molar-refractivity contribution in [3.8, 4) is 0 Å². The quantitative estimate of drug-likeness (QED) is 0.711. The number of hydrogen-bond donors (Lipinski definition) is 2. The molecule has 0 saturated heterocycles. The van der Waals surface area contributed by atoms with Gasteiger partial charge in [-0.05, 0) is 29.3 Å². The van der Waals surface area contributed by atoms with Crippen molar-refractivity contribution in [2.75, 3.05) is 13.7 Å². The molecule has 2 rings (SSSR count). The zero-order valence-corrected chi connectivity index (χ0v) is 14.7. The summed E-state index contributed by atoms with van der Waals surface area (Å²) in [5.41, 5.74) is 1.73. The van der Waals surface area contributed by atoms with Gasteiger partial charge < -0.3 is 15.4 Å². The van der Waals surface area contributed by atoms with E-state index in [0.29, 0.717) is 12.2 Å². The zero-order valence-electron chi connectivity index (χ0n) is 14.7. The number of carbonyl (C=O) groups is 2. The molecule has 2 aromatic carbocycles. The molecule has 7 nitrogen and oxygen atoms in total. The van der Waals surface area contributed by atoms with Crippen LogP contribution in [0.1, 0.15) is 21.5 Å². The maximum atomic E-state index is 12.5. The first-order valence-electron chi connectivity index (χ1n) is 8.14. The van der Waals surface area contributed by atoms with E-state index < -0.39 is 11.9 Å². The first-order chi connectivity index (χ1) is 12.6. The van der Waals surface area contributed by atoms with E-state index in [1.807, 2.05) is 30.3 Å². The molecule has 2 N–H and O–H groups in total. The third-order valence-corrected chi connectivity index (χ3v) is 3.84. The highest BCUT2D eigenvalue weighted by atomic mass is 16.5. The van der Waals surface area contributed by atoms with E-state index in [2.05, 4.69) is 15.8 Å². The van der Waals surface area contributed by atoms with Gasteiger partial charge in [-0.25, -0.2) is 0 Å². The Morgan fingerprint density at radius 2 is 1.85 bits per heavy atom. The lowest BCUT2D eigenvalue weighted by Gasteiger charge is -2.18. The van der Waals surface area contributed by atoms with Gasteiger partial charge in [0.25, 0.3) is 5.91 Å². The van der Waals surface area contributed by atoms with Crippen LogP contribution in [0.25, 0.3) is 0 Å². The first-order valence-corrected chi connectivity index (χ1v) is 8.14. The van der Waals surface area contributed by atoms with Crippen molar-refractivity contribution in [3.05, 3.63) is 70.1 Å². The maximum Gasteiger partial charge on any atom is 0.254 e. The third-order valence-electron chi connectivity index (χ3n) is 3.84. The van der Waals surface area contributed by atoms with E-state index in [1.165, 1.54) is 13.1 Å². The van der Waals surface area contributed by atoms with Gasteiger partial charge in [0.1, 0.15) is 11.7 Å². The average molecular weight is 355 g/mol. The lowest BCUT2D eigenvalue weighted by atomic mass is 10.1. The molecule has 0 radical (unpaired) electrons. The molecule has 1 atom stereocenters. The van der Waals surface area contributed by atoms with Gasteiger partial charge in [-0.15, -0.1) is 4.91 Å². The van der Waals surface area contributed by atoms with Crippen LogP contribution in [0.4, 0.5) is 5.69 Å². The van der Waals surface area contributed by atoms with Crippen LogP contribution in [0.2, 0.25) is 0 Å². The van der Waals surface area contributed by atoms with Crippen molar-refractivity contribution in [1.82, 2.24) is 10.6 Å². The smallest absolute Gasteiger partial charge is 0.254 e. The van der Waals surface area contributed by atoms with Crippen LogP contribution in [0, 0.1) is 11.8 Å². The predicted octanol–water partition coefficient (Wildman–Crippen LogP) is 2.45. The highest BCUT2D eigenvalue weighted by Crippen LogP contribution is 2.23. The number of aryl methyl sites for hydroxylation is 1. The van der Waals surface area contributed by atoms with Gasteiger partial charge in [-0.2, -0.15) is 0 Å². The van der Waals surface area contributed by atoms with Crippen molar-refractivity contribution in [3.63, 3.8) is 0 Å². The number of nitrogens with one attached hydrogen (secondary N) is 2. The van der Waals surface area contributed by atoms with Gasteiger partial charge in [-0.1, -0.05) is 42.5 Å². The fraction of sp³-hybridized carbons (Fsp3) is 0.263. The largest absolute Gasteiger partial charge is 0.374 e. The average Bonchev–Trinajstić information content (AvgIpc) is 2.67. The predicted molar refractivity (Wildman–Crippen MR) is 98.1 cm³/mol. The Balaban J connectivity index is 2.05. The number of rotatable bonds is 8. The fourth-order valence-electron chi connectivity index (χ4n) is 2.43. The Kier molecular flexibility index (Phi) is 6.99. The molecule has 0 aromatic heterocycles. The molecule has 7 heteroatoms. The van der Waals surface area contributed by atoms with E-state index in [9.17, 15) is 14.5 Å². The highest BCUT2D eigenvalue weighted by Gasteiger charge is 2.23. The molecule has 26 heavy (non-hydrogen) atoms. The molecular formula is C19H21N3O4. The van der Waals surface area contributed by atoms with Crippen LogP contribution in [0.5, 0.6) is 0 Å². The van der Waals surface area contributed by atoms with Gasteiger partial charge in [0.2, 0.25) is 5.91 Å². The minimum atomic E-state index is -0.892. The summed E-state index contributed by atoms with van der Waals surface area (Å²) in [6.45, 7) is 2.00. The maximum absolute atomic E-state index is 12.5. The number of carbonyl (C=O) groups excluding carboxylic acids is 2. The van der Waals surface area contributed by atoms with E-state index in [1.54, 1.807) is 19.1 Å². The zero-order chi connectivity index (χ0) is 18.9. The van der Waals surface area contributed by atoms with E-state index in [-0.39, 0.29) is 23.8 Å². The monoisotopic (exact) mass is 355 g/mol. The van der Waals surface area contributed by atoms with Crippen molar-refractivity contribution in [2.45, 2.75) is 19.6 Å². The molecule has 0 saturated carbocycles. The van der Waals surface area contributed by atoms with Crippen molar-refractivity contribution in [1.29, 1.82) is 0 Å². The topological polar surface area (TPSA) is 96.9 Å². The summed E-state index contributed by atoms with van der Waals surface area (Å²) in [7, 11) is 1.48. The molecule has 0 heterocycles. The lowest BCUT2D eigenvalue weighted by Crippen LogP contribution is -2.48. The molecule has 2 aromatic rings. The number of amides is 2. The molecule has 136 valence electrons. The SMILES string of the molecule is CNC(=O)C(COCc1ccccc1)NC(=O)c1cccc(C)c1N=O. The van der Waals surface area contributed by atoms with E-state index in [0.717, 1.165) is 5.56 Å². The van der Waals surface area contributed by atoms with Crippen molar-refractivity contribution >= 4 is 17.5 Å². The first kappa shape index (κ1) is 19.3. The Bertz CT molecular complexity index is 778. The second-order valence-electron chi connectivity index (χ2n) is 5.70. The molecule has 2 amide bonds. The fourth-order valence-corrected chi connectivity index (χ4v) is 2.43. The number of likely N-dealkylation sites (N-methyl/N-ethyl adjacent to an activating group) is 1. The van der Waals surface area contributed by atoms with Gasteiger partial charge in [-0.3, -0.25) is 9.59 Å². The molecule has 0 fully saturated rings. The normalized spacial score (nSPS) is 11.5.